The highest BCUT2D eigenvalue weighted by atomic mass is 79.9. The van der Waals surface area contributed by atoms with Gasteiger partial charge in [-0.1, -0.05) is 28.9 Å². The zero-order valence-electron chi connectivity index (χ0n) is 10.0. The van der Waals surface area contributed by atoms with Gasteiger partial charge in [-0.25, -0.2) is 4.39 Å². The third-order valence-electron chi connectivity index (χ3n) is 2.43. The molecule has 1 rings (SSSR count). The highest BCUT2D eigenvalue weighted by molar-refractivity contribution is 9.10. The van der Waals surface area contributed by atoms with Crippen molar-refractivity contribution in [1.29, 1.82) is 0 Å². The average molecular weight is 303 g/mol. The quantitative estimate of drug-likeness (QED) is 0.805. The van der Waals surface area contributed by atoms with Gasteiger partial charge < -0.3 is 4.74 Å². The Morgan fingerprint density at radius 3 is 2.82 bits per heavy atom. The first-order chi connectivity index (χ1) is 8.02. The molecule has 0 radical (unpaired) electrons. The van der Waals surface area contributed by atoms with E-state index in [0.29, 0.717) is 23.9 Å². The third kappa shape index (κ3) is 4.96. The summed E-state index contributed by atoms with van der Waals surface area (Å²) in [6.07, 6.45) is 0.812. The molecule has 1 aromatic rings. The van der Waals surface area contributed by atoms with Crippen LogP contribution in [-0.4, -0.2) is 19.5 Å². The predicted octanol–water partition coefficient (Wildman–Crippen LogP) is 3.37. The second-order valence-corrected chi connectivity index (χ2v) is 5.07. The molecule has 0 aromatic heterocycles. The van der Waals surface area contributed by atoms with Crippen LogP contribution in [0.3, 0.4) is 0 Å². The number of ketones is 1. The van der Waals surface area contributed by atoms with Gasteiger partial charge in [-0.2, -0.15) is 0 Å². The molecule has 1 aromatic carbocycles. The lowest BCUT2D eigenvalue weighted by Crippen LogP contribution is -2.12. The molecule has 2 nitrogen and oxygen atoms in total. The number of carbonyl (C=O) groups is 1. The average Bonchev–Trinajstić information content (AvgIpc) is 2.22. The van der Waals surface area contributed by atoms with Gasteiger partial charge in [0.2, 0.25) is 0 Å². The number of hydrogen-bond acceptors (Lipinski definition) is 2. The van der Waals surface area contributed by atoms with E-state index < -0.39 is 0 Å². The lowest BCUT2D eigenvalue weighted by molar-refractivity contribution is -0.119. The first-order valence-electron chi connectivity index (χ1n) is 5.47. The molecule has 0 aliphatic carbocycles. The number of ether oxygens (including phenoxy) is 1. The van der Waals surface area contributed by atoms with E-state index in [-0.39, 0.29) is 17.5 Å². The van der Waals surface area contributed by atoms with Crippen LogP contribution in [0.15, 0.2) is 22.7 Å². The summed E-state index contributed by atoms with van der Waals surface area (Å²) in [4.78, 5) is 11.8. The van der Waals surface area contributed by atoms with Crippen molar-refractivity contribution >= 4 is 21.7 Å². The summed E-state index contributed by atoms with van der Waals surface area (Å²) in [5.74, 6) is 0.0504. The molecule has 0 saturated carbocycles. The number of methoxy groups -OCH3 is 1. The van der Waals surface area contributed by atoms with Crippen molar-refractivity contribution in [1.82, 2.24) is 0 Å². The second-order valence-electron chi connectivity index (χ2n) is 4.22. The molecule has 0 amide bonds. The minimum Gasteiger partial charge on any atom is -0.384 e. The summed E-state index contributed by atoms with van der Waals surface area (Å²) in [6, 6.07) is 4.38. The summed E-state index contributed by atoms with van der Waals surface area (Å²) in [5, 5.41) is 0. The van der Waals surface area contributed by atoms with E-state index in [1.165, 1.54) is 12.1 Å². The van der Waals surface area contributed by atoms with Gasteiger partial charge in [-0.15, -0.1) is 0 Å². The van der Waals surface area contributed by atoms with E-state index in [1.807, 2.05) is 6.92 Å². The molecule has 0 heterocycles. The molecule has 0 aliphatic heterocycles. The Hall–Kier alpha value is -0.740. The van der Waals surface area contributed by atoms with Crippen molar-refractivity contribution in [3.63, 3.8) is 0 Å². The van der Waals surface area contributed by atoms with Crippen LogP contribution < -0.4 is 0 Å². The smallest absolute Gasteiger partial charge is 0.137 e. The standard InChI is InChI=1S/C13H16BrFO2/c1-9(8-17-2)5-12(16)6-10-3-4-11(15)7-13(10)14/h3-4,7,9H,5-6,8H2,1-2H3. The van der Waals surface area contributed by atoms with E-state index in [0.717, 1.165) is 5.56 Å². The van der Waals surface area contributed by atoms with Crippen LogP contribution in [-0.2, 0) is 16.0 Å². The molecule has 1 unspecified atom stereocenters. The first kappa shape index (κ1) is 14.3. The van der Waals surface area contributed by atoms with Crippen LogP contribution in [0.5, 0.6) is 0 Å². The lowest BCUT2D eigenvalue weighted by Gasteiger charge is -2.09. The van der Waals surface area contributed by atoms with Crippen LogP contribution in [0.4, 0.5) is 4.39 Å². The van der Waals surface area contributed by atoms with E-state index in [1.54, 1.807) is 13.2 Å². The van der Waals surface area contributed by atoms with Crippen molar-refractivity contribution < 1.29 is 13.9 Å². The van der Waals surface area contributed by atoms with Crippen LogP contribution >= 0.6 is 15.9 Å². The molecular formula is C13H16BrFO2. The molecule has 17 heavy (non-hydrogen) atoms. The molecular weight excluding hydrogens is 287 g/mol. The van der Waals surface area contributed by atoms with Crippen LogP contribution in [0.2, 0.25) is 0 Å². The summed E-state index contributed by atoms with van der Waals surface area (Å²) < 4.78 is 18.5. The van der Waals surface area contributed by atoms with Gasteiger partial charge >= 0.3 is 0 Å². The maximum Gasteiger partial charge on any atom is 0.137 e. The normalized spacial score (nSPS) is 12.5. The van der Waals surface area contributed by atoms with Gasteiger partial charge in [0, 0.05) is 31.0 Å². The fourth-order valence-electron chi connectivity index (χ4n) is 1.68. The van der Waals surface area contributed by atoms with E-state index in [2.05, 4.69) is 15.9 Å². The molecule has 0 aliphatic rings. The Balaban J connectivity index is 2.56. The highest BCUT2D eigenvalue weighted by Gasteiger charge is 2.11. The zero-order chi connectivity index (χ0) is 12.8. The molecule has 0 bridgehead atoms. The monoisotopic (exact) mass is 302 g/mol. The Labute approximate surface area is 109 Å². The number of hydrogen-bond donors (Lipinski definition) is 0. The van der Waals surface area contributed by atoms with Crippen molar-refractivity contribution in [3.05, 3.63) is 34.1 Å². The largest absolute Gasteiger partial charge is 0.384 e. The third-order valence-corrected chi connectivity index (χ3v) is 3.17. The minimum atomic E-state index is -0.305. The van der Waals surface area contributed by atoms with Gasteiger partial charge in [0.05, 0.1) is 0 Å². The molecule has 0 saturated heterocycles. The fraction of sp³-hybridized carbons (Fsp3) is 0.462. The van der Waals surface area contributed by atoms with Gasteiger partial charge in [0.1, 0.15) is 11.6 Å². The predicted molar refractivity (Wildman–Crippen MR) is 68.5 cm³/mol. The fourth-order valence-corrected chi connectivity index (χ4v) is 2.17. The van der Waals surface area contributed by atoms with Crippen LogP contribution in [0, 0.1) is 11.7 Å². The number of benzene rings is 1. The summed E-state index contributed by atoms with van der Waals surface area (Å²) in [6.45, 7) is 2.55. The number of rotatable bonds is 6. The number of halogens is 2. The molecule has 0 spiro atoms. The maximum absolute atomic E-state index is 12.9. The summed E-state index contributed by atoms with van der Waals surface area (Å²) >= 11 is 3.26. The molecule has 4 heteroatoms. The SMILES string of the molecule is COCC(C)CC(=O)Cc1ccc(F)cc1Br. The van der Waals surface area contributed by atoms with Gasteiger partial charge in [-0.05, 0) is 23.6 Å². The van der Waals surface area contributed by atoms with E-state index in [4.69, 9.17) is 4.74 Å². The van der Waals surface area contributed by atoms with Crippen molar-refractivity contribution in [2.75, 3.05) is 13.7 Å². The lowest BCUT2D eigenvalue weighted by atomic mass is 10.0. The Morgan fingerprint density at radius 2 is 2.24 bits per heavy atom. The van der Waals surface area contributed by atoms with Crippen LogP contribution in [0.1, 0.15) is 18.9 Å². The highest BCUT2D eigenvalue weighted by Crippen LogP contribution is 2.19. The molecule has 0 N–H and O–H groups in total. The van der Waals surface area contributed by atoms with E-state index >= 15 is 0 Å². The van der Waals surface area contributed by atoms with Gasteiger partial charge in [0.25, 0.3) is 0 Å². The summed E-state index contributed by atoms with van der Waals surface area (Å²) in [5.41, 5.74) is 0.820. The maximum atomic E-state index is 12.9. The Morgan fingerprint density at radius 1 is 1.53 bits per heavy atom. The Kier molecular flexibility index (Phi) is 5.78. The van der Waals surface area contributed by atoms with Gasteiger partial charge in [0.15, 0.2) is 0 Å². The minimum absolute atomic E-state index is 0.141. The number of Topliss-reactive ketones (excluding diaryl/α,β-unsaturated/α-hetero) is 1. The molecule has 0 fully saturated rings. The van der Waals surface area contributed by atoms with E-state index in [9.17, 15) is 9.18 Å². The topological polar surface area (TPSA) is 26.3 Å². The first-order valence-corrected chi connectivity index (χ1v) is 6.26. The zero-order valence-corrected chi connectivity index (χ0v) is 11.6. The summed E-state index contributed by atoms with van der Waals surface area (Å²) in [7, 11) is 1.62. The van der Waals surface area contributed by atoms with Crippen molar-refractivity contribution in [2.45, 2.75) is 19.8 Å². The van der Waals surface area contributed by atoms with Gasteiger partial charge in [-0.3, -0.25) is 4.79 Å². The number of carbonyl (C=O) groups excluding carboxylic acids is 1. The second kappa shape index (κ2) is 6.87. The molecule has 1 atom stereocenters. The Bertz CT molecular complexity index is 393. The molecule has 94 valence electrons. The van der Waals surface area contributed by atoms with Crippen LogP contribution in [0.25, 0.3) is 0 Å². The van der Waals surface area contributed by atoms with Crippen molar-refractivity contribution in [3.8, 4) is 0 Å². The van der Waals surface area contributed by atoms with Crippen molar-refractivity contribution in [2.24, 2.45) is 5.92 Å².